The van der Waals surface area contributed by atoms with Crippen molar-refractivity contribution in [3.63, 3.8) is 0 Å². The van der Waals surface area contributed by atoms with Crippen molar-refractivity contribution in [3.05, 3.63) is 69.4 Å². The zero-order chi connectivity index (χ0) is 13.8. The molecular weight excluding hydrogens is 307 g/mol. The molecule has 19 heavy (non-hydrogen) atoms. The Morgan fingerprint density at radius 3 is 2.32 bits per heavy atom. The summed E-state index contributed by atoms with van der Waals surface area (Å²) in [5.74, 6) is -0.316. The zero-order valence-electron chi connectivity index (χ0n) is 10.7. The quantitative estimate of drug-likeness (QED) is 0.883. The molecule has 0 saturated heterocycles. The standard InChI is InChI=1S/C16H16BrFO/c1-2-11-3-5-12(6-4-11)9-16(19)13-7-8-15(18)14(17)10-13/h3-8,10,16,19H,2,9H2,1H3. The number of hydrogen-bond acceptors (Lipinski definition) is 1. The summed E-state index contributed by atoms with van der Waals surface area (Å²) in [5, 5.41) is 10.2. The van der Waals surface area contributed by atoms with Crippen LogP contribution in [-0.4, -0.2) is 5.11 Å². The molecule has 0 bridgehead atoms. The van der Waals surface area contributed by atoms with Gasteiger partial charge in [-0.15, -0.1) is 0 Å². The molecule has 100 valence electrons. The first-order valence-corrected chi connectivity index (χ1v) is 7.10. The number of hydrogen-bond donors (Lipinski definition) is 1. The molecule has 0 spiro atoms. The van der Waals surface area contributed by atoms with Crippen molar-refractivity contribution >= 4 is 15.9 Å². The lowest BCUT2D eigenvalue weighted by Crippen LogP contribution is -2.02. The first-order chi connectivity index (χ1) is 9.10. The Kier molecular flexibility index (Phi) is 4.72. The summed E-state index contributed by atoms with van der Waals surface area (Å²) in [7, 11) is 0. The van der Waals surface area contributed by atoms with Crippen LogP contribution in [0.3, 0.4) is 0 Å². The first-order valence-electron chi connectivity index (χ1n) is 6.31. The smallest absolute Gasteiger partial charge is 0.137 e. The SMILES string of the molecule is CCc1ccc(CC(O)c2ccc(F)c(Br)c2)cc1. The molecule has 0 aliphatic heterocycles. The van der Waals surface area contributed by atoms with Crippen LogP contribution in [0.15, 0.2) is 46.9 Å². The summed E-state index contributed by atoms with van der Waals surface area (Å²) in [6.45, 7) is 2.11. The molecule has 2 aromatic carbocycles. The van der Waals surface area contributed by atoms with E-state index in [1.165, 1.54) is 11.6 Å². The molecule has 0 fully saturated rings. The maximum atomic E-state index is 13.1. The fourth-order valence-corrected chi connectivity index (χ4v) is 2.37. The fourth-order valence-electron chi connectivity index (χ4n) is 1.97. The summed E-state index contributed by atoms with van der Waals surface area (Å²) in [5.41, 5.74) is 3.07. The molecule has 1 unspecified atom stereocenters. The number of benzene rings is 2. The maximum absolute atomic E-state index is 13.1. The third-order valence-electron chi connectivity index (χ3n) is 3.19. The fraction of sp³-hybridized carbons (Fsp3) is 0.250. The van der Waals surface area contributed by atoms with Crippen molar-refractivity contribution in [2.75, 3.05) is 0 Å². The Morgan fingerprint density at radius 2 is 1.74 bits per heavy atom. The topological polar surface area (TPSA) is 20.2 Å². The molecule has 0 aliphatic carbocycles. The van der Waals surface area contributed by atoms with Gasteiger partial charge in [0.1, 0.15) is 5.82 Å². The van der Waals surface area contributed by atoms with E-state index in [0.29, 0.717) is 16.5 Å². The lowest BCUT2D eigenvalue weighted by Gasteiger charge is -2.12. The summed E-state index contributed by atoms with van der Waals surface area (Å²) in [6, 6.07) is 12.8. The Balaban J connectivity index is 2.10. The molecule has 0 radical (unpaired) electrons. The van der Waals surface area contributed by atoms with E-state index in [1.54, 1.807) is 12.1 Å². The second-order valence-corrected chi connectivity index (χ2v) is 5.42. The normalized spacial score (nSPS) is 12.4. The molecule has 2 rings (SSSR count). The summed E-state index contributed by atoms with van der Waals surface area (Å²) < 4.78 is 13.5. The lowest BCUT2D eigenvalue weighted by molar-refractivity contribution is 0.178. The number of aliphatic hydroxyl groups is 1. The highest BCUT2D eigenvalue weighted by Gasteiger charge is 2.10. The van der Waals surface area contributed by atoms with Crippen LogP contribution in [-0.2, 0) is 12.8 Å². The van der Waals surface area contributed by atoms with Gasteiger partial charge >= 0.3 is 0 Å². The maximum Gasteiger partial charge on any atom is 0.137 e. The van der Waals surface area contributed by atoms with Crippen LogP contribution in [0.25, 0.3) is 0 Å². The first kappa shape index (κ1) is 14.2. The molecule has 0 saturated carbocycles. The van der Waals surface area contributed by atoms with Gasteiger partial charge in [-0.1, -0.05) is 37.3 Å². The molecule has 1 atom stereocenters. The van der Waals surface area contributed by atoms with Crippen molar-refractivity contribution in [1.82, 2.24) is 0 Å². The van der Waals surface area contributed by atoms with Gasteiger partial charge in [-0.3, -0.25) is 0 Å². The predicted molar refractivity (Wildman–Crippen MR) is 78.6 cm³/mol. The Morgan fingerprint density at radius 1 is 1.11 bits per heavy atom. The Hall–Kier alpha value is -1.19. The molecular formula is C16H16BrFO. The van der Waals surface area contributed by atoms with Crippen LogP contribution in [0.1, 0.15) is 29.7 Å². The molecule has 0 aliphatic rings. The van der Waals surface area contributed by atoms with Gasteiger partial charge in [-0.2, -0.15) is 0 Å². The van der Waals surface area contributed by atoms with Gasteiger partial charge in [0.15, 0.2) is 0 Å². The van der Waals surface area contributed by atoms with Gasteiger partial charge in [-0.25, -0.2) is 4.39 Å². The molecule has 2 aromatic rings. The van der Waals surface area contributed by atoms with E-state index in [0.717, 1.165) is 12.0 Å². The average molecular weight is 323 g/mol. The molecule has 1 N–H and O–H groups in total. The molecule has 0 amide bonds. The number of aryl methyl sites for hydroxylation is 1. The summed E-state index contributed by atoms with van der Waals surface area (Å²) in [4.78, 5) is 0. The number of rotatable bonds is 4. The second-order valence-electron chi connectivity index (χ2n) is 4.56. The minimum atomic E-state index is -0.621. The predicted octanol–water partition coefficient (Wildman–Crippen LogP) is 4.43. The highest BCUT2D eigenvalue weighted by atomic mass is 79.9. The van der Waals surface area contributed by atoms with Crippen LogP contribution >= 0.6 is 15.9 Å². The van der Waals surface area contributed by atoms with Crippen molar-refractivity contribution < 1.29 is 9.50 Å². The third-order valence-corrected chi connectivity index (χ3v) is 3.80. The van der Waals surface area contributed by atoms with Crippen LogP contribution in [0.5, 0.6) is 0 Å². The Bertz CT molecular complexity index is 551. The van der Waals surface area contributed by atoms with Gasteiger partial charge < -0.3 is 5.11 Å². The highest BCUT2D eigenvalue weighted by Crippen LogP contribution is 2.24. The van der Waals surface area contributed by atoms with Crippen molar-refractivity contribution in [2.45, 2.75) is 25.9 Å². The summed E-state index contributed by atoms with van der Waals surface area (Å²) >= 11 is 3.13. The van der Waals surface area contributed by atoms with Crippen molar-refractivity contribution in [3.8, 4) is 0 Å². The highest BCUT2D eigenvalue weighted by molar-refractivity contribution is 9.10. The van der Waals surface area contributed by atoms with E-state index in [4.69, 9.17) is 0 Å². The van der Waals surface area contributed by atoms with Crippen molar-refractivity contribution in [1.29, 1.82) is 0 Å². The summed E-state index contributed by atoms with van der Waals surface area (Å²) in [6.07, 6.45) is 0.917. The lowest BCUT2D eigenvalue weighted by atomic mass is 10.00. The average Bonchev–Trinajstić information content (AvgIpc) is 2.42. The molecule has 1 nitrogen and oxygen atoms in total. The van der Waals surface area contributed by atoms with Gasteiger partial charge in [0.05, 0.1) is 10.6 Å². The van der Waals surface area contributed by atoms with E-state index in [9.17, 15) is 9.50 Å². The molecule has 3 heteroatoms. The number of aliphatic hydroxyl groups excluding tert-OH is 1. The van der Waals surface area contributed by atoms with Crippen LogP contribution in [0.4, 0.5) is 4.39 Å². The monoisotopic (exact) mass is 322 g/mol. The number of halogens is 2. The van der Waals surface area contributed by atoms with E-state index in [-0.39, 0.29) is 5.82 Å². The largest absolute Gasteiger partial charge is 0.388 e. The van der Waals surface area contributed by atoms with Gasteiger partial charge in [-0.05, 0) is 51.2 Å². The van der Waals surface area contributed by atoms with Gasteiger partial charge in [0.25, 0.3) is 0 Å². The zero-order valence-corrected chi connectivity index (χ0v) is 12.3. The second kappa shape index (κ2) is 6.31. The van der Waals surface area contributed by atoms with Crippen LogP contribution in [0.2, 0.25) is 0 Å². The minimum absolute atomic E-state index is 0.316. The molecule has 0 heterocycles. The third kappa shape index (κ3) is 3.64. The van der Waals surface area contributed by atoms with E-state index in [1.807, 2.05) is 12.1 Å². The molecule has 0 aromatic heterocycles. The van der Waals surface area contributed by atoms with Gasteiger partial charge in [0.2, 0.25) is 0 Å². The van der Waals surface area contributed by atoms with E-state index < -0.39 is 6.10 Å². The van der Waals surface area contributed by atoms with Gasteiger partial charge in [0, 0.05) is 6.42 Å². The van der Waals surface area contributed by atoms with Crippen LogP contribution in [0, 0.1) is 5.82 Å². The van der Waals surface area contributed by atoms with E-state index in [2.05, 4.69) is 35.0 Å². The van der Waals surface area contributed by atoms with Crippen molar-refractivity contribution in [2.24, 2.45) is 0 Å². The van der Waals surface area contributed by atoms with Crippen LogP contribution < -0.4 is 0 Å². The van der Waals surface area contributed by atoms with E-state index >= 15 is 0 Å². The minimum Gasteiger partial charge on any atom is -0.388 e. The Labute approximate surface area is 121 Å².